The van der Waals surface area contributed by atoms with Gasteiger partial charge >= 0.3 is 0 Å². The first kappa shape index (κ1) is 18.3. The van der Waals surface area contributed by atoms with Crippen LogP contribution < -0.4 is 14.8 Å². The number of nitrogens with one attached hydrogen (secondary N) is 1. The van der Waals surface area contributed by atoms with Gasteiger partial charge in [-0.05, 0) is 56.1 Å². The van der Waals surface area contributed by atoms with Gasteiger partial charge in [0.25, 0.3) is 5.91 Å². The monoisotopic (exact) mass is 372 g/mol. The van der Waals surface area contributed by atoms with E-state index in [1.165, 1.54) is 0 Å². The highest BCUT2D eigenvalue weighted by Crippen LogP contribution is 2.36. The van der Waals surface area contributed by atoms with Crippen molar-refractivity contribution in [1.29, 1.82) is 0 Å². The number of methoxy groups -OCH3 is 1. The van der Waals surface area contributed by atoms with Crippen LogP contribution in [0.25, 0.3) is 11.6 Å². The van der Waals surface area contributed by atoms with Crippen LogP contribution in [0.2, 0.25) is 5.02 Å². The lowest BCUT2D eigenvalue weighted by Crippen LogP contribution is -2.19. The number of anilines is 1. The number of fused-ring (bicyclic) bond motifs is 1. The van der Waals surface area contributed by atoms with Crippen LogP contribution in [0.5, 0.6) is 11.5 Å². The molecule has 0 aliphatic carbocycles. The summed E-state index contributed by atoms with van der Waals surface area (Å²) in [6.07, 6.45) is 1.82. The molecule has 1 aliphatic rings. The first-order valence-corrected chi connectivity index (χ1v) is 8.64. The van der Waals surface area contributed by atoms with E-state index in [1.54, 1.807) is 25.3 Å². The van der Waals surface area contributed by atoms with E-state index in [4.69, 9.17) is 21.1 Å². The Labute approximate surface area is 158 Å². The van der Waals surface area contributed by atoms with Crippen molar-refractivity contribution in [1.82, 2.24) is 4.90 Å². The number of rotatable bonds is 6. The van der Waals surface area contributed by atoms with Crippen LogP contribution in [0.1, 0.15) is 11.1 Å². The molecular weight excluding hydrogens is 352 g/mol. The van der Waals surface area contributed by atoms with Gasteiger partial charge in [0.1, 0.15) is 6.61 Å². The topological polar surface area (TPSA) is 50.8 Å². The van der Waals surface area contributed by atoms with Crippen LogP contribution in [0.4, 0.5) is 5.69 Å². The summed E-state index contributed by atoms with van der Waals surface area (Å²) in [6.45, 7) is 1.38. The molecule has 0 saturated carbocycles. The maximum atomic E-state index is 12.3. The lowest BCUT2D eigenvalue weighted by atomic mass is 10.0. The second kappa shape index (κ2) is 7.81. The predicted molar refractivity (Wildman–Crippen MR) is 105 cm³/mol. The van der Waals surface area contributed by atoms with Gasteiger partial charge in [-0.25, -0.2) is 0 Å². The summed E-state index contributed by atoms with van der Waals surface area (Å²) >= 11 is 6.07. The van der Waals surface area contributed by atoms with E-state index >= 15 is 0 Å². The number of benzene rings is 2. The van der Waals surface area contributed by atoms with E-state index in [-0.39, 0.29) is 5.91 Å². The van der Waals surface area contributed by atoms with Gasteiger partial charge in [-0.3, -0.25) is 4.79 Å². The molecule has 0 aromatic heterocycles. The van der Waals surface area contributed by atoms with Gasteiger partial charge < -0.3 is 19.7 Å². The first-order valence-electron chi connectivity index (χ1n) is 8.26. The standard InChI is InChI=1S/C20H21ClN2O3/c1-23(2)8-9-26-18-7-4-13(11-19(18)25-3)10-16-15-12-14(21)5-6-17(15)22-20(16)24/h4-7,10-12H,8-9H2,1-3H3,(H,22,24)/b16-10+. The number of nitrogens with zero attached hydrogens (tertiary/aromatic N) is 1. The summed E-state index contributed by atoms with van der Waals surface area (Å²) in [5.74, 6) is 1.16. The third kappa shape index (κ3) is 4.00. The smallest absolute Gasteiger partial charge is 0.256 e. The molecule has 0 unspecified atom stereocenters. The molecule has 1 heterocycles. The maximum absolute atomic E-state index is 12.3. The molecule has 0 saturated heterocycles. The Morgan fingerprint density at radius 3 is 2.69 bits per heavy atom. The molecule has 2 aromatic carbocycles. The average Bonchev–Trinajstić information content (AvgIpc) is 2.91. The highest BCUT2D eigenvalue weighted by molar-refractivity contribution is 6.36. The average molecular weight is 373 g/mol. The molecule has 0 atom stereocenters. The van der Waals surface area contributed by atoms with E-state index in [9.17, 15) is 4.79 Å². The Morgan fingerprint density at radius 1 is 1.15 bits per heavy atom. The molecule has 5 nitrogen and oxygen atoms in total. The fourth-order valence-corrected chi connectivity index (χ4v) is 2.87. The van der Waals surface area contributed by atoms with E-state index in [0.29, 0.717) is 28.7 Å². The summed E-state index contributed by atoms with van der Waals surface area (Å²) in [4.78, 5) is 14.3. The summed E-state index contributed by atoms with van der Waals surface area (Å²) in [7, 11) is 5.58. The van der Waals surface area contributed by atoms with Crippen molar-refractivity contribution in [2.75, 3.05) is 39.7 Å². The van der Waals surface area contributed by atoms with Gasteiger partial charge in [-0.15, -0.1) is 0 Å². The van der Waals surface area contributed by atoms with Gasteiger partial charge in [0.05, 0.1) is 7.11 Å². The number of carbonyl (C=O) groups excluding carboxylic acids is 1. The van der Waals surface area contributed by atoms with Gasteiger partial charge in [0.15, 0.2) is 11.5 Å². The first-order chi connectivity index (χ1) is 12.5. The van der Waals surface area contributed by atoms with Crippen LogP contribution in [0.15, 0.2) is 36.4 Å². The zero-order valence-corrected chi connectivity index (χ0v) is 15.8. The van der Waals surface area contributed by atoms with Crippen molar-refractivity contribution in [3.05, 3.63) is 52.5 Å². The van der Waals surface area contributed by atoms with Gasteiger partial charge in [-0.1, -0.05) is 17.7 Å². The largest absolute Gasteiger partial charge is 0.493 e. The Morgan fingerprint density at radius 2 is 1.96 bits per heavy atom. The Balaban J connectivity index is 1.87. The zero-order valence-electron chi connectivity index (χ0n) is 15.0. The number of amides is 1. The van der Waals surface area contributed by atoms with E-state index in [1.807, 2.05) is 43.3 Å². The number of carbonyl (C=O) groups is 1. The fourth-order valence-electron chi connectivity index (χ4n) is 2.70. The lowest BCUT2D eigenvalue weighted by Gasteiger charge is -2.14. The minimum absolute atomic E-state index is 0.146. The Hall–Kier alpha value is -2.50. The van der Waals surface area contributed by atoms with Crippen molar-refractivity contribution < 1.29 is 14.3 Å². The number of ether oxygens (including phenoxy) is 2. The van der Waals surface area contributed by atoms with Gasteiger partial charge in [0.2, 0.25) is 0 Å². The molecule has 136 valence electrons. The molecule has 1 N–H and O–H groups in total. The summed E-state index contributed by atoms with van der Waals surface area (Å²) in [6, 6.07) is 11.0. The molecule has 3 rings (SSSR count). The maximum Gasteiger partial charge on any atom is 0.256 e. The van der Waals surface area contributed by atoms with Crippen LogP contribution in [0.3, 0.4) is 0 Å². The predicted octanol–water partition coefficient (Wildman–Crippen LogP) is 3.78. The van der Waals surface area contributed by atoms with Crippen molar-refractivity contribution in [2.24, 2.45) is 0 Å². The van der Waals surface area contributed by atoms with E-state index in [2.05, 4.69) is 5.32 Å². The second-order valence-corrected chi connectivity index (χ2v) is 6.70. The quantitative estimate of drug-likeness (QED) is 0.784. The highest BCUT2D eigenvalue weighted by atomic mass is 35.5. The Bertz CT molecular complexity index is 862. The molecule has 26 heavy (non-hydrogen) atoms. The molecule has 6 heteroatoms. The van der Waals surface area contributed by atoms with Crippen molar-refractivity contribution >= 4 is 34.8 Å². The zero-order chi connectivity index (χ0) is 18.7. The SMILES string of the molecule is COc1cc(/C=C2/C(=O)Nc3ccc(Cl)cc32)ccc1OCCN(C)C. The highest BCUT2D eigenvalue weighted by Gasteiger charge is 2.24. The van der Waals surface area contributed by atoms with E-state index in [0.717, 1.165) is 23.4 Å². The molecule has 0 fully saturated rings. The van der Waals surface area contributed by atoms with Crippen LogP contribution in [-0.4, -0.2) is 45.2 Å². The summed E-state index contributed by atoms with van der Waals surface area (Å²) < 4.78 is 11.2. The second-order valence-electron chi connectivity index (χ2n) is 6.26. The lowest BCUT2D eigenvalue weighted by molar-refractivity contribution is -0.110. The van der Waals surface area contributed by atoms with E-state index < -0.39 is 0 Å². The van der Waals surface area contributed by atoms with Gasteiger partial charge in [-0.2, -0.15) is 0 Å². The summed E-state index contributed by atoms with van der Waals surface area (Å²) in [5.41, 5.74) is 2.99. The minimum atomic E-state index is -0.146. The van der Waals surface area contributed by atoms with Crippen LogP contribution >= 0.6 is 11.6 Å². The third-order valence-electron chi connectivity index (χ3n) is 4.06. The third-order valence-corrected chi connectivity index (χ3v) is 4.29. The van der Waals surface area contributed by atoms with Crippen LogP contribution in [-0.2, 0) is 4.79 Å². The molecule has 0 spiro atoms. The molecule has 0 radical (unpaired) electrons. The molecule has 0 bridgehead atoms. The molecular formula is C20H21ClN2O3. The molecule has 1 amide bonds. The Kier molecular flexibility index (Phi) is 5.49. The minimum Gasteiger partial charge on any atom is -0.493 e. The van der Waals surface area contributed by atoms with Gasteiger partial charge in [0, 0.05) is 28.4 Å². The fraction of sp³-hybridized carbons (Fsp3) is 0.250. The van der Waals surface area contributed by atoms with Crippen molar-refractivity contribution in [3.8, 4) is 11.5 Å². The van der Waals surface area contributed by atoms with Crippen LogP contribution in [0, 0.1) is 0 Å². The summed E-state index contributed by atoms with van der Waals surface area (Å²) in [5, 5.41) is 3.44. The number of halogens is 1. The normalized spacial score (nSPS) is 14.5. The molecule has 2 aromatic rings. The van der Waals surface area contributed by atoms with Crippen molar-refractivity contribution in [3.63, 3.8) is 0 Å². The number of likely N-dealkylation sites (N-methyl/N-ethyl adjacent to an activating group) is 1. The number of hydrogen-bond donors (Lipinski definition) is 1. The molecule has 1 aliphatic heterocycles. The van der Waals surface area contributed by atoms with Crippen molar-refractivity contribution in [2.45, 2.75) is 0 Å². The number of hydrogen-bond acceptors (Lipinski definition) is 4.